The molecule has 1 N–H and O–H groups in total. The summed E-state index contributed by atoms with van der Waals surface area (Å²) in [5.74, 6) is 0.200. The lowest BCUT2D eigenvalue weighted by Gasteiger charge is -2.26. The van der Waals surface area contributed by atoms with E-state index >= 15 is 0 Å². The van der Waals surface area contributed by atoms with E-state index in [4.69, 9.17) is 0 Å². The minimum absolute atomic E-state index is 0.0518. The Balaban J connectivity index is 1.84. The van der Waals surface area contributed by atoms with E-state index in [0.717, 1.165) is 31.6 Å². The molecule has 0 aromatic heterocycles. The van der Waals surface area contributed by atoms with Gasteiger partial charge in [-0.2, -0.15) is 0 Å². The van der Waals surface area contributed by atoms with E-state index in [9.17, 15) is 9.59 Å². The summed E-state index contributed by atoms with van der Waals surface area (Å²) < 4.78 is 0. The molecule has 0 radical (unpaired) electrons. The summed E-state index contributed by atoms with van der Waals surface area (Å²) in [6, 6.07) is 7.21. The van der Waals surface area contributed by atoms with Crippen molar-refractivity contribution in [2.75, 3.05) is 25.0 Å². The molecule has 4 nitrogen and oxygen atoms in total. The predicted molar refractivity (Wildman–Crippen MR) is 75.4 cm³/mol. The van der Waals surface area contributed by atoms with Crippen molar-refractivity contribution in [2.45, 2.75) is 26.2 Å². The summed E-state index contributed by atoms with van der Waals surface area (Å²) in [6.07, 6.45) is 3.45. The molecule has 0 spiro atoms. The highest BCUT2D eigenvalue weighted by molar-refractivity contribution is 5.94. The Kier molecular flexibility index (Phi) is 4.55. The number of hydrogen-bond acceptors (Lipinski definition) is 3. The standard InChI is InChI=1S/C15H20N2O2/c1-12(18)13-5-7-14(8-6-13)16-11-15(19)17-9-3-2-4-10-17/h5-8,16H,2-4,9-11H2,1H3. The summed E-state index contributed by atoms with van der Waals surface area (Å²) in [6.45, 7) is 3.62. The molecular weight excluding hydrogens is 240 g/mol. The SMILES string of the molecule is CC(=O)c1ccc(NCC(=O)N2CCCCC2)cc1. The molecule has 0 bridgehead atoms. The number of carbonyl (C=O) groups excluding carboxylic acids is 2. The van der Waals surface area contributed by atoms with Crippen LogP contribution < -0.4 is 5.32 Å². The number of amides is 1. The molecule has 1 aliphatic heterocycles. The highest BCUT2D eigenvalue weighted by atomic mass is 16.2. The molecule has 0 atom stereocenters. The Labute approximate surface area is 113 Å². The Morgan fingerprint density at radius 3 is 2.32 bits per heavy atom. The highest BCUT2D eigenvalue weighted by Gasteiger charge is 2.15. The average molecular weight is 260 g/mol. The molecule has 1 fully saturated rings. The van der Waals surface area contributed by atoms with Crippen LogP contribution in [0.25, 0.3) is 0 Å². The molecule has 1 saturated heterocycles. The van der Waals surface area contributed by atoms with E-state index in [1.165, 1.54) is 6.42 Å². The van der Waals surface area contributed by atoms with Gasteiger partial charge in [-0.05, 0) is 50.5 Å². The van der Waals surface area contributed by atoms with E-state index < -0.39 is 0 Å². The van der Waals surface area contributed by atoms with E-state index in [0.29, 0.717) is 12.1 Å². The third-order valence-corrected chi connectivity index (χ3v) is 3.44. The minimum Gasteiger partial charge on any atom is -0.376 e. The fourth-order valence-corrected chi connectivity index (χ4v) is 2.26. The molecule has 1 heterocycles. The van der Waals surface area contributed by atoms with Gasteiger partial charge in [-0.25, -0.2) is 0 Å². The summed E-state index contributed by atoms with van der Waals surface area (Å²) >= 11 is 0. The molecule has 1 aromatic carbocycles. The summed E-state index contributed by atoms with van der Waals surface area (Å²) in [5.41, 5.74) is 1.56. The number of benzene rings is 1. The van der Waals surface area contributed by atoms with Gasteiger partial charge in [0.15, 0.2) is 5.78 Å². The van der Waals surface area contributed by atoms with Crippen molar-refractivity contribution in [3.8, 4) is 0 Å². The zero-order chi connectivity index (χ0) is 13.7. The van der Waals surface area contributed by atoms with Crippen LogP contribution in [0.1, 0.15) is 36.5 Å². The van der Waals surface area contributed by atoms with Crippen molar-refractivity contribution in [1.82, 2.24) is 4.90 Å². The number of anilines is 1. The van der Waals surface area contributed by atoms with E-state index in [2.05, 4.69) is 5.32 Å². The fourth-order valence-electron chi connectivity index (χ4n) is 2.26. The van der Waals surface area contributed by atoms with E-state index in [1.54, 1.807) is 19.1 Å². The number of likely N-dealkylation sites (tertiary alicyclic amines) is 1. The number of carbonyl (C=O) groups is 2. The first-order chi connectivity index (χ1) is 9.16. The first-order valence-corrected chi connectivity index (χ1v) is 6.79. The summed E-state index contributed by atoms with van der Waals surface area (Å²) in [5, 5.41) is 3.11. The van der Waals surface area contributed by atoms with Gasteiger partial charge < -0.3 is 10.2 Å². The van der Waals surface area contributed by atoms with Crippen LogP contribution in [0.3, 0.4) is 0 Å². The van der Waals surface area contributed by atoms with Crippen LogP contribution in [0, 0.1) is 0 Å². The third-order valence-electron chi connectivity index (χ3n) is 3.44. The zero-order valence-corrected chi connectivity index (χ0v) is 11.3. The average Bonchev–Trinajstić information content (AvgIpc) is 2.46. The van der Waals surface area contributed by atoms with Crippen molar-refractivity contribution in [3.63, 3.8) is 0 Å². The third kappa shape index (κ3) is 3.81. The summed E-state index contributed by atoms with van der Waals surface area (Å²) in [4.78, 5) is 25.0. The Bertz CT molecular complexity index is 448. The van der Waals surface area contributed by atoms with Crippen LogP contribution in [-0.4, -0.2) is 36.2 Å². The zero-order valence-electron chi connectivity index (χ0n) is 11.3. The molecule has 19 heavy (non-hydrogen) atoms. The van der Waals surface area contributed by atoms with E-state index in [-0.39, 0.29) is 11.7 Å². The number of nitrogens with zero attached hydrogens (tertiary/aromatic N) is 1. The van der Waals surface area contributed by atoms with E-state index in [1.807, 2.05) is 17.0 Å². The van der Waals surface area contributed by atoms with Gasteiger partial charge in [0.1, 0.15) is 0 Å². The summed E-state index contributed by atoms with van der Waals surface area (Å²) in [7, 11) is 0. The number of piperidine rings is 1. The van der Waals surface area contributed by atoms with Crippen molar-refractivity contribution < 1.29 is 9.59 Å². The Morgan fingerprint density at radius 2 is 1.74 bits per heavy atom. The van der Waals surface area contributed by atoms with Gasteiger partial charge in [-0.1, -0.05) is 0 Å². The lowest BCUT2D eigenvalue weighted by Crippen LogP contribution is -2.39. The van der Waals surface area contributed by atoms with Crippen LogP contribution in [0.5, 0.6) is 0 Å². The number of hydrogen-bond donors (Lipinski definition) is 1. The molecular formula is C15H20N2O2. The molecule has 4 heteroatoms. The lowest BCUT2D eigenvalue weighted by atomic mass is 10.1. The first kappa shape index (κ1) is 13.6. The predicted octanol–water partition coefficient (Wildman–Crippen LogP) is 2.31. The molecule has 0 aliphatic carbocycles. The van der Waals surface area contributed by atoms with Gasteiger partial charge in [-0.15, -0.1) is 0 Å². The molecule has 0 saturated carbocycles. The number of Topliss-reactive ketones (excluding diaryl/α,β-unsaturated/α-hetero) is 1. The second-order valence-corrected chi connectivity index (χ2v) is 4.93. The Hall–Kier alpha value is -1.84. The van der Waals surface area contributed by atoms with Crippen LogP contribution in [0.4, 0.5) is 5.69 Å². The number of ketones is 1. The van der Waals surface area contributed by atoms with Crippen LogP contribution in [-0.2, 0) is 4.79 Å². The second kappa shape index (κ2) is 6.36. The number of rotatable bonds is 4. The second-order valence-electron chi connectivity index (χ2n) is 4.93. The molecule has 1 amide bonds. The van der Waals surface area contributed by atoms with Crippen molar-refractivity contribution >= 4 is 17.4 Å². The highest BCUT2D eigenvalue weighted by Crippen LogP contribution is 2.11. The van der Waals surface area contributed by atoms with Gasteiger partial charge in [0.05, 0.1) is 6.54 Å². The Morgan fingerprint density at radius 1 is 1.11 bits per heavy atom. The lowest BCUT2D eigenvalue weighted by molar-refractivity contribution is -0.130. The van der Waals surface area contributed by atoms with Crippen molar-refractivity contribution in [2.24, 2.45) is 0 Å². The topological polar surface area (TPSA) is 49.4 Å². The monoisotopic (exact) mass is 260 g/mol. The molecule has 2 rings (SSSR count). The fraction of sp³-hybridized carbons (Fsp3) is 0.467. The molecule has 1 aromatic rings. The van der Waals surface area contributed by atoms with Crippen LogP contribution in [0.2, 0.25) is 0 Å². The van der Waals surface area contributed by atoms with Gasteiger partial charge in [0.25, 0.3) is 0 Å². The van der Waals surface area contributed by atoms with Crippen LogP contribution in [0.15, 0.2) is 24.3 Å². The minimum atomic E-state index is 0.0518. The van der Waals surface area contributed by atoms with Crippen molar-refractivity contribution in [1.29, 1.82) is 0 Å². The van der Waals surface area contributed by atoms with Crippen molar-refractivity contribution in [3.05, 3.63) is 29.8 Å². The normalized spacial score (nSPS) is 15.1. The maximum atomic E-state index is 12.0. The maximum absolute atomic E-state index is 12.0. The quantitative estimate of drug-likeness (QED) is 0.845. The maximum Gasteiger partial charge on any atom is 0.241 e. The molecule has 1 aliphatic rings. The van der Waals surface area contributed by atoms with Gasteiger partial charge in [0.2, 0.25) is 5.91 Å². The number of nitrogens with one attached hydrogen (secondary N) is 1. The largest absolute Gasteiger partial charge is 0.376 e. The molecule has 0 unspecified atom stereocenters. The van der Waals surface area contributed by atoms with Crippen LogP contribution >= 0.6 is 0 Å². The first-order valence-electron chi connectivity index (χ1n) is 6.79. The van der Waals surface area contributed by atoms with Gasteiger partial charge in [-0.3, -0.25) is 9.59 Å². The molecule has 102 valence electrons. The van der Waals surface area contributed by atoms with Gasteiger partial charge >= 0.3 is 0 Å². The smallest absolute Gasteiger partial charge is 0.241 e. The van der Waals surface area contributed by atoms with Gasteiger partial charge in [0, 0.05) is 24.3 Å².